The predicted molar refractivity (Wildman–Crippen MR) is 146 cm³/mol. The molecule has 7 nitrogen and oxygen atoms in total. The molecular formula is C29H28N4O3S. The van der Waals surface area contributed by atoms with E-state index < -0.39 is 0 Å². The molecule has 3 heterocycles. The molecule has 2 aromatic heterocycles. The maximum absolute atomic E-state index is 12.8. The zero-order valence-electron chi connectivity index (χ0n) is 20.8. The summed E-state index contributed by atoms with van der Waals surface area (Å²) in [5.41, 5.74) is 4.22. The second-order valence-corrected chi connectivity index (χ2v) is 10.2. The minimum atomic E-state index is -0.316. The molecule has 1 N–H and O–H groups in total. The first kappa shape index (κ1) is 24.6. The molecule has 0 bridgehead atoms. The molecule has 1 saturated heterocycles. The second kappa shape index (κ2) is 10.9. The molecule has 1 aliphatic rings. The number of hydrogen-bond acceptors (Lipinski definition) is 7. The van der Waals surface area contributed by atoms with Crippen LogP contribution in [0.4, 0.5) is 10.9 Å². The van der Waals surface area contributed by atoms with Crippen molar-refractivity contribution in [2.24, 2.45) is 0 Å². The fourth-order valence-electron chi connectivity index (χ4n) is 4.64. The zero-order valence-corrected chi connectivity index (χ0v) is 21.6. The maximum Gasteiger partial charge on any atom is 0.337 e. The van der Waals surface area contributed by atoms with Crippen molar-refractivity contribution in [3.05, 3.63) is 94.5 Å². The standard InChI is InChI=1S/C29H28N4O3S/c1-19-26(22-6-4-3-5-7-22)31-29(37-19)32-27(34)24-12-13-25(30-18-24)33-16-14-21(15-17-33)20-8-10-23(11-9-20)28(35)36-2/h3-13,18,21H,14-17H2,1-2H3,(H,31,32,34). The van der Waals surface area contributed by atoms with E-state index in [2.05, 4.69) is 20.2 Å². The number of thiazole rings is 1. The van der Waals surface area contributed by atoms with Gasteiger partial charge in [0.15, 0.2) is 5.13 Å². The molecule has 4 aromatic rings. The van der Waals surface area contributed by atoms with Gasteiger partial charge in [-0.25, -0.2) is 14.8 Å². The van der Waals surface area contributed by atoms with Crippen LogP contribution in [0, 0.1) is 6.92 Å². The molecule has 0 spiro atoms. The Labute approximate surface area is 220 Å². The molecule has 2 aromatic carbocycles. The largest absolute Gasteiger partial charge is 0.465 e. The van der Waals surface area contributed by atoms with Crippen molar-refractivity contribution in [3.63, 3.8) is 0 Å². The van der Waals surface area contributed by atoms with Gasteiger partial charge in [-0.05, 0) is 55.5 Å². The van der Waals surface area contributed by atoms with E-state index in [1.807, 2.05) is 73.7 Å². The molecule has 0 aliphatic carbocycles. The average Bonchev–Trinajstić information content (AvgIpc) is 3.33. The van der Waals surface area contributed by atoms with Gasteiger partial charge in [0.25, 0.3) is 5.91 Å². The Balaban J connectivity index is 1.18. The van der Waals surface area contributed by atoms with Crippen molar-refractivity contribution in [2.45, 2.75) is 25.7 Å². The van der Waals surface area contributed by atoms with Gasteiger partial charge in [-0.1, -0.05) is 42.5 Å². The number of piperidine rings is 1. The Kier molecular flexibility index (Phi) is 7.28. The normalized spacial score (nSPS) is 13.8. The summed E-state index contributed by atoms with van der Waals surface area (Å²) in [4.78, 5) is 37.0. The molecule has 0 atom stereocenters. The Morgan fingerprint density at radius 1 is 0.973 bits per heavy atom. The molecule has 8 heteroatoms. The number of ether oxygens (including phenoxy) is 1. The van der Waals surface area contributed by atoms with Gasteiger partial charge < -0.3 is 9.64 Å². The van der Waals surface area contributed by atoms with Crippen molar-refractivity contribution in [2.75, 3.05) is 30.4 Å². The van der Waals surface area contributed by atoms with Crippen LogP contribution < -0.4 is 10.2 Å². The smallest absolute Gasteiger partial charge is 0.337 e. The lowest BCUT2D eigenvalue weighted by atomic mass is 9.89. The molecular weight excluding hydrogens is 484 g/mol. The highest BCUT2D eigenvalue weighted by atomic mass is 32.1. The molecule has 0 unspecified atom stereocenters. The third-order valence-corrected chi connectivity index (χ3v) is 7.58. The highest BCUT2D eigenvalue weighted by Crippen LogP contribution is 2.32. The summed E-state index contributed by atoms with van der Waals surface area (Å²) in [6, 6.07) is 21.4. The van der Waals surface area contributed by atoms with Crippen LogP contribution >= 0.6 is 11.3 Å². The summed E-state index contributed by atoms with van der Waals surface area (Å²) >= 11 is 1.47. The van der Waals surface area contributed by atoms with E-state index in [-0.39, 0.29) is 11.9 Å². The summed E-state index contributed by atoms with van der Waals surface area (Å²) in [7, 11) is 1.39. The summed E-state index contributed by atoms with van der Waals surface area (Å²) in [5, 5.41) is 3.49. The van der Waals surface area contributed by atoms with Gasteiger partial charge in [0.2, 0.25) is 0 Å². The van der Waals surface area contributed by atoms with Gasteiger partial charge in [-0.15, -0.1) is 11.3 Å². The molecule has 5 rings (SSSR count). The van der Waals surface area contributed by atoms with Crippen LogP contribution in [-0.4, -0.2) is 42.0 Å². The number of esters is 1. The number of aryl methyl sites for hydroxylation is 1. The molecule has 0 radical (unpaired) electrons. The van der Waals surface area contributed by atoms with Crippen molar-refractivity contribution in [1.82, 2.24) is 9.97 Å². The van der Waals surface area contributed by atoms with Crippen molar-refractivity contribution in [1.29, 1.82) is 0 Å². The number of nitrogens with zero attached hydrogens (tertiary/aromatic N) is 3. The third-order valence-electron chi connectivity index (χ3n) is 6.70. The molecule has 188 valence electrons. The minimum Gasteiger partial charge on any atom is -0.465 e. The van der Waals surface area contributed by atoms with Gasteiger partial charge in [0.1, 0.15) is 5.82 Å². The highest BCUT2D eigenvalue weighted by molar-refractivity contribution is 7.16. The zero-order chi connectivity index (χ0) is 25.8. The number of benzene rings is 2. The summed E-state index contributed by atoms with van der Waals surface area (Å²) in [5.74, 6) is 0.771. The van der Waals surface area contributed by atoms with Crippen LogP contribution in [0.1, 0.15) is 49.9 Å². The van der Waals surface area contributed by atoms with Crippen LogP contribution in [0.15, 0.2) is 72.9 Å². The average molecular weight is 513 g/mol. The first-order valence-corrected chi connectivity index (χ1v) is 13.1. The number of aromatic nitrogens is 2. The Morgan fingerprint density at radius 2 is 1.68 bits per heavy atom. The van der Waals surface area contributed by atoms with Gasteiger partial charge in [-0.3, -0.25) is 10.1 Å². The Morgan fingerprint density at radius 3 is 2.32 bits per heavy atom. The van der Waals surface area contributed by atoms with Gasteiger partial charge in [-0.2, -0.15) is 0 Å². The van der Waals surface area contributed by atoms with E-state index in [1.54, 1.807) is 6.20 Å². The number of pyridine rings is 1. The number of amides is 1. The first-order valence-electron chi connectivity index (χ1n) is 12.3. The van der Waals surface area contributed by atoms with E-state index in [1.165, 1.54) is 24.0 Å². The first-order chi connectivity index (χ1) is 18.0. The van der Waals surface area contributed by atoms with E-state index in [0.29, 0.717) is 22.2 Å². The number of hydrogen-bond donors (Lipinski definition) is 1. The fourth-order valence-corrected chi connectivity index (χ4v) is 5.47. The number of methoxy groups -OCH3 is 1. The maximum atomic E-state index is 12.8. The fraction of sp³-hybridized carbons (Fsp3) is 0.241. The summed E-state index contributed by atoms with van der Waals surface area (Å²) in [6.45, 7) is 3.76. The number of carbonyl (C=O) groups is 2. The van der Waals surface area contributed by atoms with Gasteiger partial charge >= 0.3 is 5.97 Å². The quantitative estimate of drug-likeness (QED) is 0.322. The SMILES string of the molecule is COC(=O)c1ccc(C2CCN(c3ccc(C(=O)Nc4nc(-c5ccccc5)c(C)s4)cn3)CC2)cc1. The van der Waals surface area contributed by atoms with Crippen LogP contribution in [0.3, 0.4) is 0 Å². The molecule has 1 amide bonds. The van der Waals surface area contributed by atoms with E-state index in [4.69, 9.17) is 4.74 Å². The topological polar surface area (TPSA) is 84.4 Å². The Bertz CT molecular complexity index is 1380. The number of nitrogens with one attached hydrogen (secondary N) is 1. The molecule has 0 saturated carbocycles. The lowest BCUT2D eigenvalue weighted by Gasteiger charge is -2.33. The van der Waals surface area contributed by atoms with Gasteiger partial charge in [0, 0.05) is 29.7 Å². The second-order valence-electron chi connectivity index (χ2n) is 9.02. The van der Waals surface area contributed by atoms with Crippen molar-refractivity contribution >= 4 is 34.2 Å². The lowest BCUT2D eigenvalue weighted by molar-refractivity contribution is 0.0600. The van der Waals surface area contributed by atoms with Crippen molar-refractivity contribution < 1.29 is 14.3 Å². The van der Waals surface area contributed by atoms with Gasteiger partial charge in [0.05, 0.1) is 23.9 Å². The monoisotopic (exact) mass is 512 g/mol. The minimum absolute atomic E-state index is 0.221. The highest BCUT2D eigenvalue weighted by Gasteiger charge is 2.22. The summed E-state index contributed by atoms with van der Waals surface area (Å²) in [6.07, 6.45) is 3.62. The van der Waals surface area contributed by atoms with Crippen molar-refractivity contribution in [3.8, 4) is 11.3 Å². The molecule has 37 heavy (non-hydrogen) atoms. The predicted octanol–water partition coefficient (Wildman–Crippen LogP) is 5.94. The lowest BCUT2D eigenvalue weighted by Crippen LogP contribution is -2.33. The van der Waals surface area contributed by atoms with Crippen LogP contribution in [0.5, 0.6) is 0 Å². The van der Waals surface area contributed by atoms with Crippen LogP contribution in [0.2, 0.25) is 0 Å². The molecule has 1 fully saturated rings. The van der Waals surface area contributed by atoms with E-state index in [9.17, 15) is 9.59 Å². The summed E-state index contributed by atoms with van der Waals surface area (Å²) < 4.78 is 4.78. The van der Waals surface area contributed by atoms with E-state index in [0.717, 1.165) is 47.9 Å². The van der Waals surface area contributed by atoms with E-state index >= 15 is 0 Å². The number of carbonyl (C=O) groups excluding carboxylic acids is 2. The number of anilines is 2. The van der Waals surface area contributed by atoms with Crippen LogP contribution in [-0.2, 0) is 4.74 Å². The Hall–Kier alpha value is -4.04. The third kappa shape index (κ3) is 5.54. The molecule has 1 aliphatic heterocycles. The number of rotatable bonds is 6. The van der Waals surface area contributed by atoms with Crippen LogP contribution in [0.25, 0.3) is 11.3 Å².